The molecule has 2 heterocycles. The second-order valence-electron chi connectivity index (χ2n) is 5.94. The molecule has 3 nitrogen and oxygen atoms in total. The van der Waals surface area contributed by atoms with Crippen molar-refractivity contribution in [1.82, 2.24) is 4.90 Å². The first-order valence-electron chi connectivity index (χ1n) is 7.27. The molecule has 1 aromatic rings. The van der Waals surface area contributed by atoms with Crippen LogP contribution < -0.4 is 0 Å². The van der Waals surface area contributed by atoms with Crippen LogP contribution >= 0.6 is 15.9 Å². The Morgan fingerprint density at radius 3 is 2.85 bits per heavy atom. The van der Waals surface area contributed by atoms with E-state index in [0.717, 1.165) is 54.7 Å². The van der Waals surface area contributed by atoms with Crippen molar-refractivity contribution in [3.05, 3.63) is 33.8 Å². The fraction of sp³-hybridized carbons (Fsp3) is 0.562. The Kier molecular flexibility index (Phi) is 4.13. The molecule has 0 spiro atoms. The molecule has 2 saturated heterocycles. The van der Waals surface area contributed by atoms with E-state index in [9.17, 15) is 4.79 Å². The molecule has 0 aliphatic carbocycles. The van der Waals surface area contributed by atoms with Gasteiger partial charge in [0.05, 0.1) is 0 Å². The largest absolute Gasteiger partial charge is 0.381 e. The quantitative estimate of drug-likeness (QED) is 0.828. The Labute approximate surface area is 128 Å². The number of hydrogen-bond donors (Lipinski definition) is 0. The number of likely N-dealkylation sites (tertiary alicyclic amines) is 1. The fourth-order valence-corrected chi connectivity index (χ4v) is 3.93. The third-order valence-electron chi connectivity index (χ3n) is 4.43. The van der Waals surface area contributed by atoms with Crippen LogP contribution in [0.5, 0.6) is 0 Å². The fourth-order valence-electron chi connectivity index (χ4n) is 3.32. The van der Waals surface area contributed by atoms with E-state index in [0.29, 0.717) is 11.8 Å². The molecule has 0 unspecified atom stereocenters. The number of nitrogens with zero attached hydrogens (tertiary/aromatic N) is 1. The molecule has 4 heteroatoms. The van der Waals surface area contributed by atoms with Gasteiger partial charge >= 0.3 is 0 Å². The van der Waals surface area contributed by atoms with Crippen LogP contribution in [0, 0.1) is 18.8 Å². The van der Waals surface area contributed by atoms with Gasteiger partial charge in [-0.05, 0) is 55.4 Å². The molecule has 0 bridgehead atoms. The smallest absolute Gasteiger partial charge is 0.253 e. The molecular formula is C16H20BrNO2. The Morgan fingerprint density at radius 2 is 2.15 bits per heavy atom. The molecule has 108 valence electrons. The number of ether oxygens (including phenoxy) is 1. The zero-order valence-corrected chi connectivity index (χ0v) is 13.4. The summed E-state index contributed by atoms with van der Waals surface area (Å²) in [4.78, 5) is 14.6. The highest BCUT2D eigenvalue weighted by atomic mass is 79.9. The molecule has 1 aromatic carbocycles. The second-order valence-corrected chi connectivity index (χ2v) is 6.86. The van der Waals surface area contributed by atoms with Crippen LogP contribution in [-0.4, -0.2) is 37.1 Å². The zero-order valence-electron chi connectivity index (χ0n) is 11.8. The molecule has 2 aliphatic heterocycles. The summed E-state index contributed by atoms with van der Waals surface area (Å²) < 4.78 is 6.44. The average molecular weight is 338 g/mol. The minimum Gasteiger partial charge on any atom is -0.381 e. The SMILES string of the molecule is Cc1cc(Br)cc(C(=O)N2CC[C@@H]([C@@H]3CCOC3)C2)c1. The Balaban J connectivity index is 1.68. The van der Waals surface area contributed by atoms with E-state index in [1.54, 1.807) is 0 Å². The monoisotopic (exact) mass is 337 g/mol. The number of rotatable bonds is 2. The van der Waals surface area contributed by atoms with Gasteiger partial charge in [-0.15, -0.1) is 0 Å². The number of carbonyl (C=O) groups excluding carboxylic acids is 1. The number of amides is 1. The molecule has 1 amide bonds. The molecule has 0 aromatic heterocycles. The first-order chi connectivity index (χ1) is 9.63. The third-order valence-corrected chi connectivity index (χ3v) is 4.89. The molecule has 2 fully saturated rings. The van der Waals surface area contributed by atoms with Crippen molar-refractivity contribution in [1.29, 1.82) is 0 Å². The summed E-state index contributed by atoms with van der Waals surface area (Å²) in [5.74, 6) is 1.43. The summed E-state index contributed by atoms with van der Waals surface area (Å²) in [6.07, 6.45) is 2.27. The van der Waals surface area contributed by atoms with Gasteiger partial charge in [0.2, 0.25) is 0 Å². The van der Waals surface area contributed by atoms with Crippen molar-refractivity contribution >= 4 is 21.8 Å². The Bertz CT molecular complexity index is 491. The van der Waals surface area contributed by atoms with E-state index in [-0.39, 0.29) is 5.91 Å². The van der Waals surface area contributed by atoms with Gasteiger partial charge in [0.25, 0.3) is 5.91 Å². The summed E-state index contributed by atoms with van der Waals surface area (Å²) in [5.41, 5.74) is 1.91. The molecule has 2 aliphatic rings. The van der Waals surface area contributed by atoms with Gasteiger partial charge in [0.15, 0.2) is 0 Å². The lowest BCUT2D eigenvalue weighted by atomic mass is 9.91. The first kappa shape index (κ1) is 14.1. The summed E-state index contributed by atoms with van der Waals surface area (Å²) >= 11 is 3.47. The average Bonchev–Trinajstić information content (AvgIpc) is 3.07. The maximum Gasteiger partial charge on any atom is 0.253 e. The van der Waals surface area contributed by atoms with Gasteiger partial charge in [0.1, 0.15) is 0 Å². The van der Waals surface area contributed by atoms with Crippen molar-refractivity contribution in [2.24, 2.45) is 11.8 Å². The van der Waals surface area contributed by atoms with Crippen LogP contribution in [0.25, 0.3) is 0 Å². The van der Waals surface area contributed by atoms with Gasteiger partial charge in [0, 0.05) is 36.3 Å². The number of carbonyl (C=O) groups is 1. The summed E-state index contributed by atoms with van der Waals surface area (Å²) in [6.45, 7) is 5.55. The van der Waals surface area contributed by atoms with E-state index in [1.807, 2.05) is 30.0 Å². The second kappa shape index (κ2) is 5.86. The Morgan fingerprint density at radius 1 is 1.30 bits per heavy atom. The van der Waals surface area contributed by atoms with E-state index in [2.05, 4.69) is 15.9 Å². The van der Waals surface area contributed by atoms with Crippen molar-refractivity contribution in [2.75, 3.05) is 26.3 Å². The van der Waals surface area contributed by atoms with Crippen LogP contribution in [0.4, 0.5) is 0 Å². The predicted molar refractivity (Wildman–Crippen MR) is 81.8 cm³/mol. The standard InChI is InChI=1S/C16H20BrNO2/c1-11-6-14(8-15(17)7-11)16(19)18-4-2-12(9-18)13-3-5-20-10-13/h6-8,12-13H,2-5,9-10H2,1H3/t12-,13-/m1/s1. The highest BCUT2D eigenvalue weighted by Gasteiger charge is 2.34. The topological polar surface area (TPSA) is 29.5 Å². The van der Waals surface area contributed by atoms with Gasteiger partial charge < -0.3 is 9.64 Å². The highest BCUT2D eigenvalue weighted by Crippen LogP contribution is 2.31. The number of hydrogen-bond acceptors (Lipinski definition) is 2. The van der Waals surface area contributed by atoms with E-state index in [4.69, 9.17) is 4.74 Å². The van der Waals surface area contributed by atoms with Crippen LogP contribution in [0.3, 0.4) is 0 Å². The molecule has 20 heavy (non-hydrogen) atoms. The van der Waals surface area contributed by atoms with Crippen LogP contribution in [0.1, 0.15) is 28.8 Å². The van der Waals surface area contributed by atoms with Crippen LogP contribution in [-0.2, 0) is 4.74 Å². The number of halogens is 1. The van der Waals surface area contributed by atoms with Crippen molar-refractivity contribution in [2.45, 2.75) is 19.8 Å². The van der Waals surface area contributed by atoms with E-state index in [1.165, 1.54) is 0 Å². The Hall–Kier alpha value is -0.870. The number of aryl methyl sites for hydroxylation is 1. The lowest BCUT2D eigenvalue weighted by molar-refractivity contribution is 0.0780. The van der Waals surface area contributed by atoms with Crippen LogP contribution in [0.15, 0.2) is 22.7 Å². The minimum atomic E-state index is 0.163. The van der Waals surface area contributed by atoms with Gasteiger partial charge in [-0.3, -0.25) is 4.79 Å². The molecule has 0 radical (unpaired) electrons. The number of benzene rings is 1. The van der Waals surface area contributed by atoms with Gasteiger partial charge in [-0.1, -0.05) is 15.9 Å². The maximum atomic E-state index is 12.6. The van der Waals surface area contributed by atoms with E-state index >= 15 is 0 Å². The minimum absolute atomic E-state index is 0.163. The normalized spacial score (nSPS) is 26.2. The summed E-state index contributed by atoms with van der Waals surface area (Å²) in [7, 11) is 0. The molecule has 0 N–H and O–H groups in total. The lowest BCUT2D eigenvalue weighted by Crippen LogP contribution is -2.30. The molecule has 3 rings (SSSR count). The first-order valence-corrected chi connectivity index (χ1v) is 8.07. The van der Waals surface area contributed by atoms with Crippen molar-refractivity contribution < 1.29 is 9.53 Å². The molecular weight excluding hydrogens is 318 g/mol. The third kappa shape index (κ3) is 2.91. The summed E-state index contributed by atoms with van der Waals surface area (Å²) in [5, 5.41) is 0. The van der Waals surface area contributed by atoms with Gasteiger partial charge in [-0.25, -0.2) is 0 Å². The zero-order chi connectivity index (χ0) is 14.1. The maximum absolute atomic E-state index is 12.6. The lowest BCUT2D eigenvalue weighted by Gasteiger charge is -2.19. The van der Waals surface area contributed by atoms with Crippen molar-refractivity contribution in [3.63, 3.8) is 0 Å². The summed E-state index contributed by atoms with van der Waals surface area (Å²) in [6, 6.07) is 5.92. The molecule has 2 atom stereocenters. The van der Waals surface area contributed by atoms with Gasteiger partial charge in [-0.2, -0.15) is 0 Å². The molecule has 0 saturated carbocycles. The predicted octanol–water partition coefficient (Wildman–Crippen LogP) is 3.26. The highest BCUT2D eigenvalue weighted by molar-refractivity contribution is 9.10. The van der Waals surface area contributed by atoms with E-state index < -0.39 is 0 Å². The van der Waals surface area contributed by atoms with Crippen molar-refractivity contribution in [3.8, 4) is 0 Å². The van der Waals surface area contributed by atoms with Crippen LogP contribution in [0.2, 0.25) is 0 Å².